The SMILES string of the molecule is CC(N=C1NC(=O)C(=O)N1)c1nncn1C. The van der Waals surface area contributed by atoms with Crippen molar-refractivity contribution in [1.82, 2.24) is 25.4 Å². The quantitative estimate of drug-likeness (QED) is 0.593. The number of guanidine groups is 1. The van der Waals surface area contributed by atoms with Crippen molar-refractivity contribution in [1.29, 1.82) is 0 Å². The number of carbonyl (C=O) groups is 2. The molecule has 2 amide bonds. The Labute approximate surface area is 90.8 Å². The summed E-state index contributed by atoms with van der Waals surface area (Å²) in [7, 11) is 1.79. The van der Waals surface area contributed by atoms with E-state index in [0.29, 0.717) is 5.82 Å². The smallest absolute Gasteiger partial charge is 0.316 e. The summed E-state index contributed by atoms with van der Waals surface area (Å²) < 4.78 is 1.72. The fourth-order valence-corrected chi connectivity index (χ4v) is 1.35. The van der Waals surface area contributed by atoms with Crippen LogP contribution in [0.2, 0.25) is 0 Å². The largest absolute Gasteiger partial charge is 0.319 e. The molecule has 16 heavy (non-hydrogen) atoms. The molecule has 1 aliphatic rings. The van der Waals surface area contributed by atoms with Gasteiger partial charge in [0.25, 0.3) is 0 Å². The van der Waals surface area contributed by atoms with Crippen LogP contribution in [0.4, 0.5) is 0 Å². The molecule has 1 aromatic heterocycles. The molecule has 84 valence electrons. The summed E-state index contributed by atoms with van der Waals surface area (Å²) in [5, 5.41) is 12.2. The maximum Gasteiger partial charge on any atom is 0.316 e. The number of rotatable bonds is 2. The molecule has 1 unspecified atom stereocenters. The van der Waals surface area contributed by atoms with Crippen LogP contribution in [0.15, 0.2) is 11.3 Å². The summed E-state index contributed by atoms with van der Waals surface area (Å²) in [5.41, 5.74) is 0. The molecule has 2 rings (SSSR count). The lowest BCUT2D eigenvalue weighted by Crippen LogP contribution is -2.26. The van der Waals surface area contributed by atoms with Gasteiger partial charge in [0, 0.05) is 7.05 Å². The zero-order valence-corrected chi connectivity index (χ0v) is 8.76. The second kappa shape index (κ2) is 3.72. The van der Waals surface area contributed by atoms with E-state index in [4.69, 9.17) is 0 Å². The van der Waals surface area contributed by atoms with Crippen molar-refractivity contribution in [3.8, 4) is 0 Å². The molecule has 0 bridgehead atoms. The Hall–Kier alpha value is -2.25. The number of nitrogens with zero attached hydrogens (tertiary/aromatic N) is 4. The molecule has 1 atom stereocenters. The van der Waals surface area contributed by atoms with Crippen LogP contribution in [0.3, 0.4) is 0 Å². The van der Waals surface area contributed by atoms with Gasteiger partial charge >= 0.3 is 11.8 Å². The highest BCUT2D eigenvalue weighted by Crippen LogP contribution is 2.12. The number of nitrogens with one attached hydrogen (secondary N) is 2. The van der Waals surface area contributed by atoms with Crippen molar-refractivity contribution in [2.45, 2.75) is 13.0 Å². The van der Waals surface area contributed by atoms with Gasteiger partial charge < -0.3 is 4.57 Å². The molecule has 1 saturated heterocycles. The van der Waals surface area contributed by atoms with Crippen molar-refractivity contribution >= 4 is 17.8 Å². The predicted octanol–water partition coefficient (Wildman–Crippen LogP) is -1.52. The Bertz CT molecular complexity index is 459. The summed E-state index contributed by atoms with van der Waals surface area (Å²) in [6, 6.07) is -0.304. The third-order valence-electron chi connectivity index (χ3n) is 2.11. The molecular weight excluding hydrogens is 212 g/mol. The first kappa shape index (κ1) is 10.3. The van der Waals surface area contributed by atoms with E-state index in [1.165, 1.54) is 0 Å². The number of amides is 2. The topological polar surface area (TPSA) is 101 Å². The molecule has 0 aromatic carbocycles. The molecule has 0 spiro atoms. The molecule has 0 saturated carbocycles. The minimum Gasteiger partial charge on any atom is -0.319 e. The molecule has 0 aliphatic carbocycles. The van der Waals surface area contributed by atoms with Crippen LogP contribution in [-0.4, -0.2) is 32.5 Å². The fourth-order valence-electron chi connectivity index (χ4n) is 1.35. The van der Waals surface area contributed by atoms with E-state index < -0.39 is 11.8 Å². The standard InChI is InChI=1S/C8H10N6O2/c1-4(5-13-9-3-14(5)2)10-8-11-6(15)7(16)12-8/h3-4H,1-2H3,(H2,10,11,12,15,16). The predicted molar refractivity (Wildman–Crippen MR) is 53.1 cm³/mol. The van der Waals surface area contributed by atoms with E-state index >= 15 is 0 Å². The second-order valence-corrected chi connectivity index (χ2v) is 3.36. The monoisotopic (exact) mass is 222 g/mol. The Kier molecular flexibility index (Phi) is 2.39. The molecule has 1 aliphatic heterocycles. The van der Waals surface area contributed by atoms with E-state index in [-0.39, 0.29) is 12.0 Å². The fraction of sp³-hybridized carbons (Fsp3) is 0.375. The van der Waals surface area contributed by atoms with E-state index in [0.717, 1.165) is 0 Å². The van der Waals surface area contributed by atoms with Crippen molar-refractivity contribution in [3.05, 3.63) is 12.2 Å². The highest BCUT2D eigenvalue weighted by molar-refractivity contribution is 6.45. The number of aryl methyl sites for hydroxylation is 1. The van der Waals surface area contributed by atoms with Crippen molar-refractivity contribution in [2.24, 2.45) is 12.0 Å². The number of carbonyl (C=O) groups excluding carboxylic acids is 2. The van der Waals surface area contributed by atoms with Gasteiger partial charge in [0.05, 0.1) is 0 Å². The summed E-state index contributed by atoms with van der Waals surface area (Å²) in [4.78, 5) is 25.9. The van der Waals surface area contributed by atoms with Crippen LogP contribution >= 0.6 is 0 Å². The van der Waals surface area contributed by atoms with E-state index in [2.05, 4.69) is 25.8 Å². The first-order chi connectivity index (χ1) is 7.58. The Morgan fingerprint density at radius 3 is 2.50 bits per heavy atom. The van der Waals surface area contributed by atoms with Crippen LogP contribution in [0.5, 0.6) is 0 Å². The third kappa shape index (κ3) is 1.76. The Morgan fingerprint density at radius 2 is 2.00 bits per heavy atom. The molecular formula is C8H10N6O2. The van der Waals surface area contributed by atoms with Gasteiger partial charge in [0.1, 0.15) is 12.4 Å². The van der Waals surface area contributed by atoms with Gasteiger partial charge in [-0.15, -0.1) is 10.2 Å². The molecule has 1 aromatic rings. The van der Waals surface area contributed by atoms with Crippen molar-refractivity contribution < 1.29 is 9.59 Å². The zero-order chi connectivity index (χ0) is 11.7. The van der Waals surface area contributed by atoms with Gasteiger partial charge in [-0.2, -0.15) is 0 Å². The van der Waals surface area contributed by atoms with Gasteiger partial charge in [0.2, 0.25) is 5.96 Å². The second-order valence-electron chi connectivity index (χ2n) is 3.36. The maximum atomic E-state index is 10.9. The average molecular weight is 222 g/mol. The van der Waals surface area contributed by atoms with Crippen LogP contribution in [0.1, 0.15) is 18.8 Å². The number of hydrogen-bond acceptors (Lipinski definition) is 5. The number of hydrogen-bond donors (Lipinski definition) is 2. The highest BCUT2D eigenvalue weighted by atomic mass is 16.2. The van der Waals surface area contributed by atoms with Gasteiger partial charge in [-0.25, -0.2) is 4.99 Å². The molecule has 1 fully saturated rings. The lowest BCUT2D eigenvalue weighted by molar-refractivity contribution is -0.135. The van der Waals surface area contributed by atoms with Crippen LogP contribution in [0, 0.1) is 0 Å². The first-order valence-corrected chi connectivity index (χ1v) is 4.62. The average Bonchev–Trinajstić information content (AvgIpc) is 2.74. The van der Waals surface area contributed by atoms with E-state index in [1.54, 1.807) is 24.9 Å². The normalized spacial score (nSPS) is 17.0. The van der Waals surface area contributed by atoms with E-state index in [1.807, 2.05) is 0 Å². The number of aromatic nitrogens is 3. The Morgan fingerprint density at radius 1 is 1.38 bits per heavy atom. The molecule has 8 nitrogen and oxygen atoms in total. The van der Waals surface area contributed by atoms with Crippen LogP contribution in [0.25, 0.3) is 0 Å². The van der Waals surface area contributed by atoms with Gasteiger partial charge in [-0.05, 0) is 6.92 Å². The third-order valence-corrected chi connectivity index (χ3v) is 2.11. The summed E-state index contributed by atoms with van der Waals surface area (Å²) >= 11 is 0. The van der Waals surface area contributed by atoms with Gasteiger partial charge in [-0.1, -0.05) is 0 Å². The summed E-state index contributed by atoms with van der Waals surface area (Å²) in [5.74, 6) is -0.624. The minimum atomic E-state index is -0.705. The van der Waals surface area contributed by atoms with Crippen LogP contribution < -0.4 is 10.6 Å². The molecule has 2 heterocycles. The Balaban J connectivity index is 2.16. The molecule has 8 heteroatoms. The lowest BCUT2D eigenvalue weighted by atomic mass is 10.3. The summed E-state index contributed by atoms with van der Waals surface area (Å²) in [6.45, 7) is 1.79. The molecule has 0 radical (unpaired) electrons. The van der Waals surface area contributed by atoms with Crippen molar-refractivity contribution in [2.75, 3.05) is 0 Å². The van der Waals surface area contributed by atoms with E-state index in [9.17, 15) is 9.59 Å². The lowest BCUT2D eigenvalue weighted by Gasteiger charge is -2.05. The highest BCUT2D eigenvalue weighted by Gasteiger charge is 2.26. The van der Waals surface area contributed by atoms with Crippen molar-refractivity contribution in [3.63, 3.8) is 0 Å². The zero-order valence-electron chi connectivity index (χ0n) is 8.76. The summed E-state index contributed by atoms with van der Waals surface area (Å²) in [6.07, 6.45) is 1.55. The first-order valence-electron chi connectivity index (χ1n) is 4.62. The number of aliphatic imine (C=N–C) groups is 1. The maximum absolute atomic E-state index is 10.9. The minimum absolute atomic E-state index is 0.144. The molecule has 2 N–H and O–H groups in total. The van der Waals surface area contributed by atoms with Crippen LogP contribution in [-0.2, 0) is 16.6 Å². The van der Waals surface area contributed by atoms with Gasteiger partial charge in [0.15, 0.2) is 5.82 Å². The van der Waals surface area contributed by atoms with Gasteiger partial charge in [-0.3, -0.25) is 20.2 Å².